The highest BCUT2D eigenvalue weighted by atomic mass is 35.5. The monoisotopic (exact) mass is 351 g/mol. The quantitative estimate of drug-likeness (QED) is 0.862. The Morgan fingerprint density at radius 1 is 0.957 bits per heavy atom. The number of sulfonamides is 1. The molecule has 0 radical (unpaired) electrons. The van der Waals surface area contributed by atoms with E-state index in [4.69, 9.17) is 17.3 Å². The fourth-order valence-electron chi connectivity index (χ4n) is 2.65. The van der Waals surface area contributed by atoms with Crippen LogP contribution in [0.1, 0.15) is 0 Å². The Morgan fingerprint density at radius 3 is 2.22 bits per heavy atom. The summed E-state index contributed by atoms with van der Waals surface area (Å²) in [5.74, 6) is 0. The summed E-state index contributed by atoms with van der Waals surface area (Å²) >= 11 is 6.01. The molecule has 1 saturated heterocycles. The van der Waals surface area contributed by atoms with Gasteiger partial charge >= 0.3 is 0 Å². The summed E-state index contributed by atoms with van der Waals surface area (Å²) in [5, 5.41) is 0.680. The van der Waals surface area contributed by atoms with Crippen LogP contribution in [0.3, 0.4) is 0 Å². The number of nitrogens with two attached hydrogens (primary N) is 1. The molecule has 0 unspecified atom stereocenters. The van der Waals surface area contributed by atoms with Gasteiger partial charge in [-0.1, -0.05) is 17.7 Å². The SMILES string of the molecule is Nc1ccc(S(=O)(=O)N2CCN(c3cccc(Cl)c3)CC2)cc1. The zero-order chi connectivity index (χ0) is 16.4. The van der Waals surface area contributed by atoms with E-state index in [1.165, 1.54) is 4.31 Å². The average molecular weight is 352 g/mol. The van der Waals surface area contributed by atoms with Crippen molar-refractivity contribution >= 4 is 33.0 Å². The first kappa shape index (κ1) is 16.1. The van der Waals surface area contributed by atoms with Crippen LogP contribution in [0.4, 0.5) is 11.4 Å². The molecule has 0 amide bonds. The van der Waals surface area contributed by atoms with Gasteiger partial charge in [0.15, 0.2) is 0 Å². The predicted molar refractivity (Wildman–Crippen MR) is 93.3 cm³/mol. The van der Waals surface area contributed by atoms with E-state index in [0.29, 0.717) is 36.9 Å². The van der Waals surface area contributed by atoms with Crippen LogP contribution in [0.2, 0.25) is 5.02 Å². The number of hydrogen-bond acceptors (Lipinski definition) is 4. The standard InChI is InChI=1S/C16H18ClN3O2S/c17-13-2-1-3-15(12-13)19-8-10-20(11-9-19)23(21,22)16-6-4-14(18)5-7-16/h1-7,12H,8-11,18H2. The lowest BCUT2D eigenvalue weighted by molar-refractivity contribution is 0.385. The average Bonchev–Trinajstić information content (AvgIpc) is 2.55. The number of halogens is 1. The van der Waals surface area contributed by atoms with Gasteiger partial charge in [-0.25, -0.2) is 8.42 Å². The maximum absolute atomic E-state index is 12.6. The molecule has 7 heteroatoms. The molecular weight excluding hydrogens is 334 g/mol. The van der Waals surface area contributed by atoms with E-state index in [2.05, 4.69) is 4.90 Å². The van der Waals surface area contributed by atoms with Crippen molar-refractivity contribution < 1.29 is 8.42 Å². The normalized spacial score (nSPS) is 16.5. The van der Waals surface area contributed by atoms with Crippen LogP contribution in [-0.2, 0) is 10.0 Å². The zero-order valence-electron chi connectivity index (χ0n) is 12.5. The van der Waals surface area contributed by atoms with Crippen molar-refractivity contribution in [2.24, 2.45) is 0 Å². The molecule has 0 aliphatic carbocycles. The van der Waals surface area contributed by atoms with E-state index in [1.54, 1.807) is 24.3 Å². The zero-order valence-corrected chi connectivity index (χ0v) is 14.1. The summed E-state index contributed by atoms with van der Waals surface area (Å²) in [6, 6.07) is 13.9. The van der Waals surface area contributed by atoms with E-state index in [0.717, 1.165) is 5.69 Å². The first-order chi connectivity index (χ1) is 11.0. The van der Waals surface area contributed by atoms with Crippen molar-refractivity contribution in [2.75, 3.05) is 36.8 Å². The van der Waals surface area contributed by atoms with E-state index in [9.17, 15) is 8.42 Å². The van der Waals surface area contributed by atoms with Gasteiger partial charge in [0.1, 0.15) is 0 Å². The second-order valence-electron chi connectivity index (χ2n) is 5.44. The fourth-order valence-corrected chi connectivity index (χ4v) is 4.26. The molecule has 0 aromatic heterocycles. The van der Waals surface area contributed by atoms with Crippen LogP contribution < -0.4 is 10.6 Å². The molecule has 0 saturated carbocycles. The van der Waals surface area contributed by atoms with Gasteiger partial charge in [0.25, 0.3) is 0 Å². The number of nitrogens with zero attached hydrogens (tertiary/aromatic N) is 2. The summed E-state index contributed by atoms with van der Waals surface area (Å²) < 4.78 is 26.8. The van der Waals surface area contributed by atoms with Crippen LogP contribution in [0, 0.1) is 0 Å². The highest BCUT2D eigenvalue weighted by Crippen LogP contribution is 2.23. The molecule has 2 aromatic rings. The second-order valence-corrected chi connectivity index (χ2v) is 7.81. The maximum atomic E-state index is 12.6. The predicted octanol–water partition coefficient (Wildman–Crippen LogP) is 2.43. The van der Waals surface area contributed by atoms with Gasteiger partial charge in [-0.05, 0) is 42.5 Å². The minimum absolute atomic E-state index is 0.280. The molecule has 1 aliphatic heterocycles. The summed E-state index contributed by atoms with van der Waals surface area (Å²) in [5.41, 5.74) is 7.18. The van der Waals surface area contributed by atoms with E-state index < -0.39 is 10.0 Å². The number of anilines is 2. The van der Waals surface area contributed by atoms with E-state index >= 15 is 0 Å². The number of hydrogen-bond donors (Lipinski definition) is 1. The number of rotatable bonds is 3. The number of benzene rings is 2. The van der Waals surface area contributed by atoms with Gasteiger partial charge in [-0.3, -0.25) is 0 Å². The maximum Gasteiger partial charge on any atom is 0.243 e. The van der Waals surface area contributed by atoms with Crippen molar-refractivity contribution in [1.82, 2.24) is 4.31 Å². The molecule has 0 bridgehead atoms. The highest BCUT2D eigenvalue weighted by Gasteiger charge is 2.28. The van der Waals surface area contributed by atoms with Crippen molar-refractivity contribution in [3.05, 3.63) is 53.6 Å². The molecule has 5 nitrogen and oxygen atoms in total. The molecule has 2 N–H and O–H groups in total. The van der Waals surface area contributed by atoms with Crippen molar-refractivity contribution in [3.8, 4) is 0 Å². The molecule has 122 valence electrons. The number of piperazine rings is 1. The van der Waals surface area contributed by atoms with Gasteiger partial charge in [-0.15, -0.1) is 0 Å². The summed E-state index contributed by atoms with van der Waals surface area (Å²) in [6.45, 7) is 2.15. The van der Waals surface area contributed by atoms with E-state index in [-0.39, 0.29) is 4.90 Å². The number of nitrogen functional groups attached to an aromatic ring is 1. The third kappa shape index (κ3) is 3.44. The van der Waals surface area contributed by atoms with Gasteiger partial charge in [0, 0.05) is 42.6 Å². The Bertz CT molecular complexity index is 785. The lowest BCUT2D eigenvalue weighted by Gasteiger charge is -2.35. The fraction of sp³-hybridized carbons (Fsp3) is 0.250. The summed E-state index contributed by atoms with van der Waals surface area (Å²) in [7, 11) is -3.47. The lowest BCUT2D eigenvalue weighted by atomic mass is 10.2. The first-order valence-electron chi connectivity index (χ1n) is 7.33. The van der Waals surface area contributed by atoms with Gasteiger partial charge in [0.2, 0.25) is 10.0 Å². The molecule has 23 heavy (non-hydrogen) atoms. The Labute approximate surface area is 141 Å². The summed E-state index contributed by atoms with van der Waals surface area (Å²) in [4.78, 5) is 2.42. The van der Waals surface area contributed by atoms with Crippen LogP contribution in [-0.4, -0.2) is 38.9 Å². The van der Waals surface area contributed by atoms with Crippen LogP contribution in [0.15, 0.2) is 53.4 Å². The van der Waals surface area contributed by atoms with Gasteiger partial charge < -0.3 is 10.6 Å². The second kappa shape index (κ2) is 6.39. The smallest absolute Gasteiger partial charge is 0.243 e. The Hall–Kier alpha value is -1.76. The van der Waals surface area contributed by atoms with Crippen LogP contribution in [0.25, 0.3) is 0 Å². The molecule has 1 aliphatic rings. The molecule has 1 fully saturated rings. The van der Waals surface area contributed by atoms with Gasteiger partial charge in [0.05, 0.1) is 4.90 Å². The van der Waals surface area contributed by atoms with Crippen molar-refractivity contribution in [1.29, 1.82) is 0 Å². The topological polar surface area (TPSA) is 66.6 Å². The van der Waals surface area contributed by atoms with Crippen LogP contribution in [0.5, 0.6) is 0 Å². The van der Waals surface area contributed by atoms with Crippen molar-refractivity contribution in [2.45, 2.75) is 4.90 Å². The lowest BCUT2D eigenvalue weighted by Crippen LogP contribution is -2.48. The summed E-state index contributed by atoms with van der Waals surface area (Å²) in [6.07, 6.45) is 0. The molecule has 0 spiro atoms. The minimum atomic E-state index is -3.47. The Balaban J connectivity index is 1.72. The minimum Gasteiger partial charge on any atom is -0.399 e. The third-order valence-electron chi connectivity index (χ3n) is 3.93. The molecule has 1 heterocycles. The largest absolute Gasteiger partial charge is 0.399 e. The van der Waals surface area contributed by atoms with Crippen molar-refractivity contribution in [3.63, 3.8) is 0 Å². The molecular formula is C16H18ClN3O2S. The first-order valence-corrected chi connectivity index (χ1v) is 9.15. The van der Waals surface area contributed by atoms with Gasteiger partial charge in [-0.2, -0.15) is 4.31 Å². The Kier molecular flexibility index (Phi) is 4.48. The Morgan fingerprint density at radius 2 is 1.61 bits per heavy atom. The third-order valence-corrected chi connectivity index (χ3v) is 6.08. The highest BCUT2D eigenvalue weighted by molar-refractivity contribution is 7.89. The van der Waals surface area contributed by atoms with Crippen LogP contribution >= 0.6 is 11.6 Å². The molecule has 2 aromatic carbocycles. The molecule has 0 atom stereocenters. The van der Waals surface area contributed by atoms with E-state index in [1.807, 2.05) is 24.3 Å². The molecule has 3 rings (SSSR count).